The zero-order valence-corrected chi connectivity index (χ0v) is 17.0. The molecular weight excluding hydrogens is 386 g/mol. The molecule has 0 radical (unpaired) electrons. The van der Waals surface area contributed by atoms with Crippen LogP contribution in [0.15, 0.2) is 4.79 Å². The average molecular weight is 409 g/mol. The van der Waals surface area contributed by atoms with Crippen molar-refractivity contribution >= 4 is 39.4 Å². The topological polar surface area (TPSA) is 127 Å². The molecule has 0 aromatic carbocycles. The van der Waals surface area contributed by atoms with Crippen molar-refractivity contribution < 1.29 is 23.9 Å². The number of esters is 2. The maximum absolute atomic E-state index is 12.3. The predicted molar refractivity (Wildman–Crippen MR) is 103 cm³/mol. The SMILES string of the molecule is CCC(CC)NC(=O)COC(=O)Cc1c(C(=O)OC)sc2nc(C)[nH]c(=O)c12. The Morgan fingerprint density at radius 2 is 1.93 bits per heavy atom. The number of ether oxygens (including phenoxy) is 2. The zero-order chi connectivity index (χ0) is 20.8. The largest absolute Gasteiger partial charge is 0.465 e. The Kier molecular flexibility index (Phi) is 7.27. The van der Waals surface area contributed by atoms with Gasteiger partial charge >= 0.3 is 11.9 Å². The van der Waals surface area contributed by atoms with Crippen LogP contribution >= 0.6 is 11.3 Å². The molecule has 2 heterocycles. The Balaban J connectivity index is 2.20. The second-order valence-electron chi connectivity index (χ2n) is 6.15. The van der Waals surface area contributed by atoms with Crippen LogP contribution in [0.4, 0.5) is 0 Å². The number of aromatic nitrogens is 2. The van der Waals surface area contributed by atoms with Gasteiger partial charge in [-0.3, -0.25) is 14.4 Å². The van der Waals surface area contributed by atoms with Gasteiger partial charge in [-0.1, -0.05) is 13.8 Å². The van der Waals surface area contributed by atoms with Gasteiger partial charge in [0.15, 0.2) is 6.61 Å². The quantitative estimate of drug-likeness (QED) is 0.632. The van der Waals surface area contributed by atoms with E-state index in [1.807, 2.05) is 13.8 Å². The van der Waals surface area contributed by atoms with E-state index in [2.05, 4.69) is 15.3 Å². The summed E-state index contributed by atoms with van der Waals surface area (Å²) in [5, 5.41) is 2.91. The Bertz CT molecular complexity index is 945. The Morgan fingerprint density at radius 1 is 1.25 bits per heavy atom. The van der Waals surface area contributed by atoms with Gasteiger partial charge in [0.1, 0.15) is 15.5 Å². The molecule has 0 fully saturated rings. The van der Waals surface area contributed by atoms with Crippen LogP contribution in [-0.2, 0) is 25.5 Å². The van der Waals surface area contributed by atoms with E-state index >= 15 is 0 Å². The van der Waals surface area contributed by atoms with Gasteiger partial charge < -0.3 is 19.8 Å². The molecule has 0 unspecified atom stereocenters. The lowest BCUT2D eigenvalue weighted by Gasteiger charge is -2.14. The normalized spacial score (nSPS) is 10.9. The molecule has 0 bridgehead atoms. The number of methoxy groups -OCH3 is 1. The van der Waals surface area contributed by atoms with Gasteiger partial charge in [-0.05, 0) is 19.8 Å². The van der Waals surface area contributed by atoms with Crippen molar-refractivity contribution in [1.82, 2.24) is 15.3 Å². The van der Waals surface area contributed by atoms with E-state index < -0.39 is 30.0 Å². The third-order valence-electron chi connectivity index (χ3n) is 4.19. The first-order valence-electron chi connectivity index (χ1n) is 8.86. The minimum atomic E-state index is -0.732. The minimum Gasteiger partial charge on any atom is -0.465 e. The van der Waals surface area contributed by atoms with Crippen LogP contribution in [0.25, 0.3) is 10.2 Å². The lowest BCUT2D eigenvalue weighted by atomic mass is 10.1. The van der Waals surface area contributed by atoms with Crippen molar-refractivity contribution in [3.05, 3.63) is 26.6 Å². The van der Waals surface area contributed by atoms with Gasteiger partial charge in [0, 0.05) is 11.6 Å². The van der Waals surface area contributed by atoms with Crippen molar-refractivity contribution in [3.63, 3.8) is 0 Å². The Hall–Kier alpha value is -2.75. The van der Waals surface area contributed by atoms with E-state index in [9.17, 15) is 19.2 Å². The number of aryl methyl sites for hydroxylation is 1. The smallest absolute Gasteiger partial charge is 0.348 e. The fourth-order valence-corrected chi connectivity index (χ4v) is 3.86. The van der Waals surface area contributed by atoms with Gasteiger partial charge in [0.25, 0.3) is 11.5 Å². The summed E-state index contributed by atoms with van der Waals surface area (Å²) < 4.78 is 9.76. The molecule has 2 aromatic rings. The van der Waals surface area contributed by atoms with Crippen LogP contribution in [0, 0.1) is 6.92 Å². The van der Waals surface area contributed by atoms with Crippen LogP contribution < -0.4 is 10.9 Å². The maximum Gasteiger partial charge on any atom is 0.348 e. The second kappa shape index (κ2) is 9.45. The summed E-state index contributed by atoms with van der Waals surface area (Å²) in [6, 6.07) is 0.0193. The summed E-state index contributed by atoms with van der Waals surface area (Å²) in [6.45, 7) is 5.08. The summed E-state index contributed by atoms with van der Waals surface area (Å²) in [5.74, 6) is -1.42. The summed E-state index contributed by atoms with van der Waals surface area (Å²) >= 11 is 0.973. The highest BCUT2D eigenvalue weighted by Crippen LogP contribution is 2.29. The van der Waals surface area contributed by atoms with Gasteiger partial charge in [0.05, 0.1) is 18.9 Å². The lowest BCUT2D eigenvalue weighted by Crippen LogP contribution is -2.37. The summed E-state index contributed by atoms with van der Waals surface area (Å²) in [6.07, 6.45) is 1.19. The highest BCUT2D eigenvalue weighted by molar-refractivity contribution is 7.20. The van der Waals surface area contributed by atoms with Gasteiger partial charge in [-0.25, -0.2) is 9.78 Å². The molecule has 28 heavy (non-hydrogen) atoms. The molecule has 0 spiro atoms. The highest BCUT2D eigenvalue weighted by atomic mass is 32.1. The summed E-state index contributed by atoms with van der Waals surface area (Å²) in [5.41, 5.74) is -0.269. The van der Waals surface area contributed by atoms with Crippen LogP contribution in [0.3, 0.4) is 0 Å². The average Bonchev–Trinajstić information content (AvgIpc) is 3.01. The number of hydrogen-bond acceptors (Lipinski definition) is 8. The number of fused-ring (bicyclic) bond motifs is 1. The number of rotatable bonds is 8. The number of aromatic amines is 1. The molecule has 2 rings (SSSR count). The number of hydrogen-bond donors (Lipinski definition) is 2. The Morgan fingerprint density at radius 3 is 2.54 bits per heavy atom. The monoisotopic (exact) mass is 409 g/mol. The molecule has 1 amide bonds. The van der Waals surface area contributed by atoms with Gasteiger partial charge in [-0.15, -0.1) is 11.3 Å². The van der Waals surface area contributed by atoms with Crippen LogP contribution in [0.2, 0.25) is 0 Å². The number of carbonyl (C=O) groups is 3. The van der Waals surface area contributed by atoms with Crippen molar-refractivity contribution in [2.45, 2.75) is 46.1 Å². The molecule has 10 heteroatoms. The number of nitrogens with zero attached hydrogens (tertiary/aromatic N) is 1. The van der Waals surface area contributed by atoms with E-state index in [1.54, 1.807) is 6.92 Å². The first kappa shape index (κ1) is 21.5. The van der Waals surface area contributed by atoms with Crippen LogP contribution in [0.5, 0.6) is 0 Å². The van der Waals surface area contributed by atoms with Crippen molar-refractivity contribution in [3.8, 4) is 0 Å². The predicted octanol–water partition coefficient (Wildman–Crippen LogP) is 1.47. The fourth-order valence-electron chi connectivity index (χ4n) is 2.70. The molecule has 2 aromatic heterocycles. The standard InChI is InChI=1S/C18H23N3O6S/c1-5-10(6-2)21-12(22)8-27-13(23)7-11-14-16(24)19-9(3)20-17(14)28-15(11)18(25)26-4/h10H,5-8H2,1-4H3,(H,21,22)(H,19,20,24). The molecule has 0 aliphatic carbocycles. The van der Waals surface area contributed by atoms with E-state index in [0.717, 1.165) is 24.2 Å². The molecule has 0 saturated heterocycles. The van der Waals surface area contributed by atoms with E-state index in [0.29, 0.717) is 10.7 Å². The van der Waals surface area contributed by atoms with E-state index in [1.165, 1.54) is 7.11 Å². The first-order chi connectivity index (χ1) is 13.3. The second-order valence-corrected chi connectivity index (χ2v) is 7.15. The van der Waals surface area contributed by atoms with Gasteiger partial charge in [0.2, 0.25) is 0 Å². The lowest BCUT2D eigenvalue weighted by molar-refractivity contribution is -0.148. The summed E-state index contributed by atoms with van der Waals surface area (Å²) in [4.78, 5) is 55.7. The molecule has 9 nitrogen and oxygen atoms in total. The Labute approximate surface area is 165 Å². The molecular formula is C18H23N3O6S. The number of carbonyl (C=O) groups excluding carboxylic acids is 3. The van der Waals surface area contributed by atoms with Crippen LogP contribution in [0.1, 0.15) is 47.7 Å². The zero-order valence-electron chi connectivity index (χ0n) is 16.2. The molecule has 0 aliphatic rings. The van der Waals surface area contributed by atoms with Crippen LogP contribution in [-0.4, -0.2) is 47.6 Å². The van der Waals surface area contributed by atoms with Crippen molar-refractivity contribution in [2.24, 2.45) is 0 Å². The summed E-state index contributed by atoms with van der Waals surface area (Å²) in [7, 11) is 1.21. The molecule has 0 aliphatic heterocycles. The number of thiophene rings is 1. The number of nitrogens with one attached hydrogen (secondary N) is 2. The molecule has 152 valence electrons. The van der Waals surface area contributed by atoms with Crippen molar-refractivity contribution in [1.29, 1.82) is 0 Å². The van der Waals surface area contributed by atoms with E-state index in [4.69, 9.17) is 9.47 Å². The number of amides is 1. The number of H-pyrrole nitrogens is 1. The third kappa shape index (κ3) is 4.94. The van der Waals surface area contributed by atoms with E-state index in [-0.39, 0.29) is 28.3 Å². The maximum atomic E-state index is 12.3. The molecule has 0 atom stereocenters. The molecule has 2 N–H and O–H groups in total. The van der Waals surface area contributed by atoms with Crippen molar-refractivity contribution in [2.75, 3.05) is 13.7 Å². The third-order valence-corrected chi connectivity index (χ3v) is 5.29. The fraction of sp³-hybridized carbons (Fsp3) is 0.500. The van der Waals surface area contributed by atoms with Gasteiger partial charge in [-0.2, -0.15) is 0 Å². The highest BCUT2D eigenvalue weighted by Gasteiger charge is 2.25. The molecule has 0 saturated carbocycles. The minimum absolute atomic E-state index is 0.0193. The first-order valence-corrected chi connectivity index (χ1v) is 9.67.